The summed E-state index contributed by atoms with van der Waals surface area (Å²) in [6.07, 6.45) is 2.30. The van der Waals surface area contributed by atoms with E-state index in [0.717, 1.165) is 29.7 Å². The van der Waals surface area contributed by atoms with E-state index in [4.69, 9.17) is 14.2 Å². The third kappa shape index (κ3) is 7.82. The molecule has 0 spiro atoms. The highest BCUT2D eigenvalue weighted by Crippen LogP contribution is 2.19. The SMILES string of the molecule is COc1ccc(CN(C(=O)COc2ccccc2)[C@@H](Cc2ccccc2)C(=O)NC[C@H]2CCCO2)cc1. The summed E-state index contributed by atoms with van der Waals surface area (Å²) in [6.45, 7) is 1.22. The van der Waals surface area contributed by atoms with Crippen molar-refractivity contribution in [3.63, 3.8) is 0 Å². The summed E-state index contributed by atoms with van der Waals surface area (Å²) in [5.74, 6) is 0.848. The maximum absolute atomic E-state index is 13.6. The van der Waals surface area contributed by atoms with Gasteiger partial charge in [-0.2, -0.15) is 0 Å². The molecule has 2 atom stereocenters. The molecule has 4 rings (SSSR count). The predicted octanol–water partition coefficient (Wildman–Crippen LogP) is 4.01. The van der Waals surface area contributed by atoms with Gasteiger partial charge in [0.2, 0.25) is 5.91 Å². The van der Waals surface area contributed by atoms with Gasteiger partial charge in [-0.15, -0.1) is 0 Å². The van der Waals surface area contributed by atoms with E-state index in [1.54, 1.807) is 24.1 Å². The van der Waals surface area contributed by atoms with Crippen LogP contribution in [0.2, 0.25) is 0 Å². The predicted molar refractivity (Wildman–Crippen MR) is 141 cm³/mol. The summed E-state index contributed by atoms with van der Waals surface area (Å²) in [4.78, 5) is 28.8. The molecule has 7 nitrogen and oxygen atoms in total. The summed E-state index contributed by atoms with van der Waals surface area (Å²) in [6, 6.07) is 25.7. The molecule has 0 saturated carbocycles. The van der Waals surface area contributed by atoms with Crippen LogP contribution in [0.3, 0.4) is 0 Å². The fourth-order valence-corrected chi connectivity index (χ4v) is 4.36. The van der Waals surface area contributed by atoms with Crippen molar-refractivity contribution >= 4 is 11.8 Å². The number of methoxy groups -OCH3 is 1. The number of carbonyl (C=O) groups excluding carboxylic acids is 2. The Labute approximate surface area is 218 Å². The minimum atomic E-state index is -0.724. The number of amides is 2. The number of para-hydroxylation sites is 1. The number of nitrogens with one attached hydrogen (secondary N) is 1. The van der Waals surface area contributed by atoms with Crippen molar-refractivity contribution in [2.24, 2.45) is 0 Å². The normalized spacial score (nSPS) is 15.5. The topological polar surface area (TPSA) is 77.1 Å². The van der Waals surface area contributed by atoms with Crippen LogP contribution in [0.5, 0.6) is 11.5 Å². The number of nitrogens with zero attached hydrogens (tertiary/aromatic N) is 1. The number of carbonyl (C=O) groups is 2. The van der Waals surface area contributed by atoms with Gasteiger partial charge in [-0.3, -0.25) is 9.59 Å². The number of rotatable bonds is 12. The van der Waals surface area contributed by atoms with Crippen LogP contribution in [0.1, 0.15) is 24.0 Å². The first kappa shape index (κ1) is 26.2. The number of benzene rings is 3. The second-order valence-electron chi connectivity index (χ2n) is 9.06. The molecule has 1 aliphatic heterocycles. The molecule has 1 saturated heterocycles. The number of hydrogen-bond acceptors (Lipinski definition) is 5. The smallest absolute Gasteiger partial charge is 0.261 e. The van der Waals surface area contributed by atoms with E-state index >= 15 is 0 Å². The zero-order chi connectivity index (χ0) is 25.9. The third-order valence-corrected chi connectivity index (χ3v) is 6.42. The molecule has 1 heterocycles. The van der Waals surface area contributed by atoms with E-state index in [0.29, 0.717) is 25.3 Å². The van der Waals surface area contributed by atoms with Crippen LogP contribution in [-0.4, -0.2) is 55.7 Å². The van der Waals surface area contributed by atoms with Crippen molar-refractivity contribution in [2.45, 2.75) is 38.0 Å². The second-order valence-corrected chi connectivity index (χ2v) is 9.06. The molecule has 0 aromatic heterocycles. The van der Waals surface area contributed by atoms with Gasteiger partial charge in [0.25, 0.3) is 5.91 Å². The van der Waals surface area contributed by atoms with Crippen LogP contribution in [0.15, 0.2) is 84.9 Å². The monoisotopic (exact) mass is 502 g/mol. The molecule has 3 aromatic rings. The lowest BCUT2D eigenvalue weighted by Gasteiger charge is -2.31. The highest BCUT2D eigenvalue weighted by Gasteiger charge is 2.31. The van der Waals surface area contributed by atoms with Crippen LogP contribution in [0, 0.1) is 0 Å². The van der Waals surface area contributed by atoms with Gasteiger partial charge in [-0.05, 0) is 48.2 Å². The molecule has 0 radical (unpaired) electrons. The van der Waals surface area contributed by atoms with E-state index in [2.05, 4.69) is 5.32 Å². The molecule has 194 valence electrons. The van der Waals surface area contributed by atoms with Gasteiger partial charge in [0.15, 0.2) is 6.61 Å². The van der Waals surface area contributed by atoms with Gasteiger partial charge in [0.05, 0.1) is 13.2 Å². The quantitative estimate of drug-likeness (QED) is 0.405. The molecule has 1 fully saturated rings. The fraction of sp³-hybridized carbons (Fsp3) is 0.333. The van der Waals surface area contributed by atoms with Crippen LogP contribution >= 0.6 is 0 Å². The van der Waals surface area contributed by atoms with Crippen LogP contribution in [0.4, 0.5) is 0 Å². The van der Waals surface area contributed by atoms with Crippen molar-refractivity contribution in [2.75, 3.05) is 26.9 Å². The van der Waals surface area contributed by atoms with Gasteiger partial charge in [-0.1, -0.05) is 60.7 Å². The lowest BCUT2D eigenvalue weighted by atomic mass is 10.0. The van der Waals surface area contributed by atoms with Crippen LogP contribution in [0.25, 0.3) is 0 Å². The molecule has 1 aliphatic rings. The van der Waals surface area contributed by atoms with Crippen molar-refractivity contribution < 1.29 is 23.8 Å². The maximum atomic E-state index is 13.6. The third-order valence-electron chi connectivity index (χ3n) is 6.42. The lowest BCUT2D eigenvalue weighted by molar-refractivity contribution is -0.143. The molecule has 0 bridgehead atoms. The van der Waals surface area contributed by atoms with Gasteiger partial charge in [-0.25, -0.2) is 0 Å². The molecule has 7 heteroatoms. The first-order valence-electron chi connectivity index (χ1n) is 12.7. The summed E-state index contributed by atoms with van der Waals surface area (Å²) in [7, 11) is 1.61. The molecule has 2 amide bonds. The Bertz CT molecular complexity index is 1120. The zero-order valence-corrected chi connectivity index (χ0v) is 21.2. The van der Waals surface area contributed by atoms with E-state index in [-0.39, 0.29) is 31.1 Å². The fourth-order valence-electron chi connectivity index (χ4n) is 4.36. The Kier molecular flexibility index (Phi) is 9.54. The number of hydrogen-bond donors (Lipinski definition) is 1. The molecule has 37 heavy (non-hydrogen) atoms. The molecular weight excluding hydrogens is 468 g/mol. The molecular formula is C30H34N2O5. The summed E-state index contributed by atoms with van der Waals surface area (Å²) >= 11 is 0. The molecule has 0 aliphatic carbocycles. The van der Waals surface area contributed by atoms with E-state index in [1.807, 2.05) is 72.8 Å². The minimum absolute atomic E-state index is 0.00785. The average molecular weight is 503 g/mol. The Balaban J connectivity index is 1.58. The van der Waals surface area contributed by atoms with Crippen LogP contribution in [-0.2, 0) is 27.3 Å². The van der Waals surface area contributed by atoms with Crippen LogP contribution < -0.4 is 14.8 Å². The van der Waals surface area contributed by atoms with Gasteiger partial charge >= 0.3 is 0 Å². The van der Waals surface area contributed by atoms with Crippen molar-refractivity contribution in [1.82, 2.24) is 10.2 Å². The molecule has 3 aromatic carbocycles. The second kappa shape index (κ2) is 13.5. The van der Waals surface area contributed by atoms with Crippen molar-refractivity contribution in [3.8, 4) is 11.5 Å². The molecule has 0 unspecified atom stereocenters. The van der Waals surface area contributed by atoms with Gasteiger partial charge in [0, 0.05) is 26.1 Å². The Morgan fingerprint density at radius 2 is 1.65 bits per heavy atom. The van der Waals surface area contributed by atoms with Gasteiger partial charge in [0.1, 0.15) is 17.5 Å². The van der Waals surface area contributed by atoms with E-state index in [9.17, 15) is 9.59 Å². The summed E-state index contributed by atoms with van der Waals surface area (Å²) < 4.78 is 16.7. The first-order chi connectivity index (χ1) is 18.1. The first-order valence-corrected chi connectivity index (χ1v) is 12.7. The summed E-state index contributed by atoms with van der Waals surface area (Å²) in [5.41, 5.74) is 1.86. The highest BCUT2D eigenvalue weighted by atomic mass is 16.5. The minimum Gasteiger partial charge on any atom is -0.497 e. The standard InChI is InChI=1S/C30H34N2O5/c1-35-25-16-14-24(15-17-25)21-32(29(33)22-37-26-11-6-3-7-12-26)28(19-23-9-4-2-5-10-23)30(34)31-20-27-13-8-18-36-27/h2-7,9-12,14-17,27-28H,8,13,18-22H2,1H3,(H,31,34)/t27-,28+/m1/s1. The maximum Gasteiger partial charge on any atom is 0.261 e. The van der Waals surface area contributed by atoms with E-state index < -0.39 is 6.04 Å². The number of ether oxygens (including phenoxy) is 3. The Morgan fingerprint density at radius 1 is 0.946 bits per heavy atom. The molecule has 1 N–H and O–H groups in total. The Morgan fingerprint density at radius 3 is 2.30 bits per heavy atom. The van der Waals surface area contributed by atoms with E-state index in [1.165, 1.54) is 0 Å². The van der Waals surface area contributed by atoms with Gasteiger partial charge < -0.3 is 24.4 Å². The average Bonchev–Trinajstić information content (AvgIpc) is 3.47. The lowest BCUT2D eigenvalue weighted by Crippen LogP contribution is -2.52. The highest BCUT2D eigenvalue weighted by molar-refractivity contribution is 5.88. The summed E-state index contributed by atoms with van der Waals surface area (Å²) in [5, 5.41) is 3.04. The zero-order valence-electron chi connectivity index (χ0n) is 21.2. The largest absolute Gasteiger partial charge is 0.497 e. The van der Waals surface area contributed by atoms with Crippen molar-refractivity contribution in [3.05, 3.63) is 96.1 Å². The van der Waals surface area contributed by atoms with Crippen molar-refractivity contribution in [1.29, 1.82) is 0 Å². The Hall–Kier alpha value is -3.84.